The van der Waals surface area contributed by atoms with Gasteiger partial charge in [-0.05, 0) is 48.9 Å². The molecule has 156 valence electrons. The van der Waals surface area contributed by atoms with E-state index in [9.17, 15) is 4.79 Å². The number of nitrogens with zero attached hydrogens (tertiary/aromatic N) is 3. The number of carbonyl (C=O) groups is 1. The second kappa shape index (κ2) is 9.33. The Hall–Kier alpha value is -3.15. The lowest BCUT2D eigenvalue weighted by Gasteiger charge is -2.22. The molecule has 0 saturated heterocycles. The van der Waals surface area contributed by atoms with Gasteiger partial charge in [-0.2, -0.15) is 0 Å². The molecule has 0 N–H and O–H groups in total. The first-order valence-corrected chi connectivity index (χ1v) is 10.4. The maximum atomic E-state index is 13.5. The van der Waals surface area contributed by atoms with Gasteiger partial charge in [0.15, 0.2) is 5.69 Å². The fraction of sp³-hybridized carbons (Fsp3) is 0.125. The average molecular weight is 452 g/mol. The molecule has 0 bridgehead atoms. The van der Waals surface area contributed by atoms with Gasteiger partial charge in [-0.25, -0.2) is 4.98 Å². The average Bonchev–Trinajstić information content (AvgIpc) is 3.18. The van der Waals surface area contributed by atoms with Gasteiger partial charge < -0.3 is 9.32 Å². The highest BCUT2D eigenvalue weighted by Crippen LogP contribution is 2.26. The van der Waals surface area contributed by atoms with Crippen LogP contribution in [-0.2, 0) is 13.1 Å². The van der Waals surface area contributed by atoms with E-state index < -0.39 is 0 Å². The van der Waals surface area contributed by atoms with Gasteiger partial charge in [-0.15, -0.1) is 0 Å². The molecule has 0 radical (unpaired) electrons. The number of rotatable bonds is 6. The van der Waals surface area contributed by atoms with Crippen LogP contribution in [-0.4, -0.2) is 20.8 Å². The number of hydrogen-bond acceptors (Lipinski definition) is 4. The molecule has 5 nitrogen and oxygen atoms in total. The van der Waals surface area contributed by atoms with E-state index >= 15 is 0 Å². The van der Waals surface area contributed by atoms with Gasteiger partial charge in [0.25, 0.3) is 5.91 Å². The smallest absolute Gasteiger partial charge is 0.276 e. The lowest BCUT2D eigenvalue weighted by molar-refractivity contribution is 0.0720. The van der Waals surface area contributed by atoms with Crippen molar-refractivity contribution < 1.29 is 9.21 Å². The Labute approximate surface area is 190 Å². The highest BCUT2D eigenvalue weighted by Gasteiger charge is 2.24. The first kappa shape index (κ1) is 21.1. The third kappa shape index (κ3) is 4.95. The van der Waals surface area contributed by atoms with Crippen LogP contribution in [0.15, 0.2) is 77.3 Å². The van der Waals surface area contributed by atoms with Crippen molar-refractivity contribution in [3.05, 3.63) is 106 Å². The van der Waals surface area contributed by atoms with E-state index in [1.807, 2.05) is 54.6 Å². The quantitative estimate of drug-likeness (QED) is 0.350. The summed E-state index contributed by atoms with van der Waals surface area (Å²) in [6.07, 6.45) is 1.70. The van der Waals surface area contributed by atoms with Gasteiger partial charge in [0.1, 0.15) is 5.76 Å². The summed E-state index contributed by atoms with van der Waals surface area (Å²) in [6.45, 7) is 2.37. The molecule has 0 aliphatic carbocycles. The van der Waals surface area contributed by atoms with Crippen LogP contribution in [0.1, 0.15) is 27.5 Å². The number of carbonyl (C=O) groups excluding carboxylic acids is 1. The molecule has 0 saturated carbocycles. The van der Waals surface area contributed by atoms with Crippen LogP contribution in [0, 0.1) is 6.92 Å². The molecule has 2 aromatic carbocycles. The van der Waals surface area contributed by atoms with Crippen LogP contribution >= 0.6 is 23.2 Å². The third-order valence-corrected chi connectivity index (χ3v) is 5.48. The summed E-state index contributed by atoms with van der Waals surface area (Å²) >= 11 is 12.2. The van der Waals surface area contributed by atoms with Crippen molar-refractivity contribution in [3.63, 3.8) is 0 Å². The molecule has 0 aliphatic heterocycles. The largest absolute Gasteiger partial charge is 0.441 e. The Kier molecular flexibility index (Phi) is 6.35. The molecule has 1 amide bonds. The first-order chi connectivity index (χ1) is 15.0. The minimum atomic E-state index is -0.250. The summed E-state index contributed by atoms with van der Waals surface area (Å²) in [5.41, 5.74) is 2.70. The van der Waals surface area contributed by atoms with Crippen LogP contribution in [0.5, 0.6) is 0 Å². The molecule has 0 fully saturated rings. The summed E-state index contributed by atoms with van der Waals surface area (Å²) in [7, 11) is 0. The summed E-state index contributed by atoms with van der Waals surface area (Å²) in [4.78, 5) is 24.0. The third-order valence-electron chi connectivity index (χ3n) is 4.74. The molecule has 0 spiro atoms. The van der Waals surface area contributed by atoms with E-state index in [0.29, 0.717) is 34.8 Å². The summed E-state index contributed by atoms with van der Waals surface area (Å²) in [5, 5.41) is 0.904. The van der Waals surface area contributed by atoms with Gasteiger partial charge in [0.05, 0.1) is 22.3 Å². The number of pyridine rings is 1. The highest BCUT2D eigenvalue weighted by molar-refractivity contribution is 6.42. The molecule has 0 aliphatic rings. The molecule has 0 atom stereocenters. The predicted molar refractivity (Wildman–Crippen MR) is 121 cm³/mol. The molecule has 31 heavy (non-hydrogen) atoms. The molecule has 4 aromatic rings. The Balaban J connectivity index is 1.66. The molecule has 7 heteroatoms. The Morgan fingerprint density at radius 1 is 0.968 bits per heavy atom. The first-order valence-electron chi connectivity index (χ1n) is 9.67. The van der Waals surface area contributed by atoms with Crippen molar-refractivity contribution in [1.29, 1.82) is 0 Å². The molecule has 0 unspecified atom stereocenters. The van der Waals surface area contributed by atoms with Gasteiger partial charge >= 0.3 is 0 Å². The summed E-state index contributed by atoms with van der Waals surface area (Å²) in [6, 6.07) is 20.4. The lowest BCUT2D eigenvalue weighted by atomic mass is 10.2. The highest BCUT2D eigenvalue weighted by atomic mass is 35.5. The molecule has 2 heterocycles. The van der Waals surface area contributed by atoms with Gasteiger partial charge in [-0.3, -0.25) is 9.78 Å². The SMILES string of the molecule is Cc1oc(-c2ccccc2)nc1C(=O)N(Cc1ccc(Cl)c(Cl)c1)Cc1ccccn1. The van der Waals surface area contributed by atoms with E-state index in [-0.39, 0.29) is 11.6 Å². The minimum absolute atomic E-state index is 0.250. The number of hydrogen-bond donors (Lipinski definition) is 0. The van der Waals surface area contributed by atoms with E-state index in [2.05, 4.69) is 9.97 Å². The Morgan fingerprint density at radius 3 is 2.45 bits per heavy atom. The standard InChI is InChI=1S/C24H19Cl2N3O2/c1-16-22(28-23(31-16)18-7-3-2-4-8-18)24(30)29(15-19-9-5-6-12-27-19)14-17-10-11-20(25)21(26)13-17/h2-13H,14-15H2,1H3. The van der Waals surface area contributed by atoms with Crippen molar-refractivity contribution >= 4 is 29.1 Å². The number of aryl methyl sites for hydroxylation is 1. The van der Waals surface area contributed by atoms with Gasteiger partial charge in [0, 0.05) is 18.3 Å². The molecule has 2 aromatic heterocycles. The van der Waals surface area contributed by atoms with Crippen LogP contribution in [0.25, 0.3) is 11.5 Å². The van der Waals surface area contributed by atoms with Crippen molar-refractivity contribution in [3.8, 4) is 11.5 Å². The number of aromatic nitrogens is 2. The van der Waals surface area contributed by atoms with Gasteiger partial charge in [-0.1, -0.05) is 53.5 Å². The normalized spacial score (nSPS) is 10.8. The van der Waals surface area contributed by atoms with Gasteiger partial charge in [0.2, 0.25) is 5.89 Å². The topological polar surface area (TPSA) is 59.2 Å². The zero-order valence-corrected chi connectivity index (χ0v) is 18.3. The van der Waals surface area contributed by atoms with Crippen LogP contribution < -0.4 is 0 Å². The Bertz CT molecular complexity index is 1190. The maximum Gasteiger partial charge on any atom is 0.276 e. The zero-order valence-electron chi connectivity index (χ0n) is 16.8. The second-order valence-electron chi connectivity index (χ2n) is 7.02. The molecular weight excluding hydrogens is 433 g/mol. The monoisotopic (exact) mass is 451 g/mol. The fourth-order valence-corrected chi connectivity index (χ4v) is 3.51. The van der Waals surface area contributed by atoms with E-state index in [0.717, 1.165) is 16.8 Å². The second-order valence-corrected chi connectivity index (χ2v) is 7.83. The fourth-order valence-electron chi connectivity index (χ4n) is 3.19. The van der Waals surface area contributed by atoms with Crippen molar-refractivity contribution in [2.75, 3.05) is 0 Å². The van der Waals surface area contributed by atoms with Crippen molar-refractivity contribution in [2.24, 2.45) is 0 Å². The zero-order chi connectivity index (χ0) is 21.8. The van der Waals surface area contributed by atoms with E-state index in [1.54, 1.807) is 30.2 Å². The molecule has 4 rings (SSSR count). The Morgan fingerprint density at radius 2 is 1.74 bits per heavy atom. The number of halogens is 2. The molecular formula is C24H19Cl2N3O2. The van der Waals surface area contributed by atoms with Crippen LogP contribution in [0.2, 0.25) is 10.0 Å². The van der Waals surface area contributed by atoms with Crippen LogP contribution in [0.3, 0.4) is 0 Å². The summed E-state index contributed by atoms with van der Waals surface area (Å²) < 4.78 is 5.79. The maximum absolute atomic E-state index is 13.5. The number of benzene rings is 2. The predicted octanol–water partition coefficient (Wildman–Crippen LogP) is 6.19. The summed E-state index contributed by atoms with van der Waals surface area (Å²) in [5.74, 6) is 0.623. The van der Waals surface area contributed by atoms with Crippen LogP contribution in [0.4, 0.5) is 0 Å². The number of amides is 1. The van der Waals surface area contributed by atoms with Crippen molar-refractivity contribution in [2.45, 2.75) is 20.0 Å². The lowest BCUT2D eigenvalue weighted by Crippen LogP contribution is -2.31. The minimum Gasteiger partial charge on any atom is -0.441 e. The van der Waals surface area contributed by atoms with E-state index in [4.69, 9.17) is 27.6 Å². The van der Waals surface area contributed by atoms with E-state index in [1.165, 1.54) is 0 Å². The van der Waals surface area contributed by atoms with Crippen molar-refractivity contribution in [1.82, 2.24) is 14.9 Å². The number of oxazole rings is 1.